The molecular weight excluding hydrogens is 354 g/mol. The lowest BCUT2D eigenvalue weighted by atomic mass is 9.91. The molecule has 0 heterocycles. The van der Waals surface area contributed by atoms with Gasteiger partial charge in [-0.1, -0.05) is 18.2 Å². The van der Waals surface area contributed by atoms with E-state index in [-0.39, 0.29) is 5.91 Å². The zero-order valence-electron chi connectivity index (χ0n) is 16.7. The highest BCUT2D eigenvalue weighted by Crippen LogP contribution is 2.30. The second-order valence-electron chi connectivity index (χ2n) is 7.10. The SMILES string of the molecule is CCOC(=O)c1ccc(C)c(NC(=O)[C@H](C)Oc2cccc3c2CCCC3)c1. The van der Waals surface area contributed by atoms with Gasteiger partial charge < -0.3 is 14.8 Å². The first kappa shape index (κ1) is 19.9. The fourth-order valence-corrected chi connectivity index (χ4v) is 3.43. The predicted molar refractivity (Wildman–Crippen MR) is 109 cm³/mol. The minimum atomic E-state index is -0.654. The van der Waals surface area contributed by atoms with E-state index in [1.54, 1.807) is 32.0 Å². The number of rotatable bonds is 6. The number of aryl methyl sites for hydroxylation is 2. The van der Waals surface area contributed by atoms with Crippen molar-refractivity contribution >= 4 is 17.6 Å². The molecule has 5 heteroatoms. The molecule has 0 fully saturated rings. The molecule has 0 aliphatic heterocycles. The lowest BCUT2D eigenvalue weighted by molar-refractivity contribution is -0.122. The molecule has 0 unspecified atom stereocenters. The zero-order valence-corrected chi connectivity index (χ0v) is 16.7. The van der Waals surface area contributed by atoms with Gasteiger partial charge in [0.05, 0.1) is 12.2 Å². The van der Waals surface area contributed by atoms with E-state index in [0.717, 1.165) is 30.6 Å². The molecule has 0 spiro atoms. The van der Waals surface area contributed by atoms with Crippen LogP contribution in [0.5, 0.6) is 5.75 Å². The van der Waals surface area contributed by atoms with Crippen LogP contribution in [0.25, 0.3) is 0 Å². The first-order chi connectivity index (χ1) is 13.5. The molecule has 3 rings (SSSR count). The number of benzene rings is 2. The molecule has 28 heavy (non-hydrogen) atoms. The maximum absolute atomic E-state index is 12.7. The van der Waals surface area contributed by atoms with Crippen LogP contribution in [-0.2, 0) is 22.4 Å². The molecule has 5 nitrogen and oxygen atoms in total. The van der Waals surface area contributed by atoms with Crippen molar-refractivity contribution in [3.05, 3.63) is 58.7 Å². The first-order valence-corrected chi connectivity index (χ1v) is 9.85. The van der Waals surface area contributed by atoms with Gasteiger partial charge in [0.25, 0.3) is 5.91 Å². The molecule has 0 aromatic heterocycles. The Balaban J connectivity index is 1.71. The van der Waals surface area contributed by atoms with Gasteiger partial charge in [-0.25, -0.2) is 4.79 Å². The lowest BCUT2D eigenvalue weighted by Gasteiger charge is -2.22. The summed E-state index contributed by atoms with van der Waals surface area (Å²) in [6.07, 6.45) is 3.74. The molecule has 148 valence electrons. The predicted octanol–water partition coefficient (Wildman–Crippen LogP) is 4.46. The molecule has 0 bridgehead atoms. The minimum Gasteiger partial charge on any atom is -0.481 e. The topological polar surface area (TPSA) is 64.6 Å². The number of hydrogen-bond acceptors (Lipinski definition) is 4. The normalized spacial score (nSPS) is 14.0. The molecule has 1 atom stereocenters. The third kappa shape index (κ3) is 4.53. The number of nitrogens with one attached hydrogen (secondary N) is 1. The van der Waals surface area contributed by atoms with Crippen LogP contribution in [0.1, 0.15) is 53.7 Å². The molecule has 0 saturated heterocycles. The van der Waals surface area contributed by atoms with E-state index in [1.165, 1.54) is 17.5 Å². The molecule has 1 amide bonds. The Morgan fingerprint density at radius 2 is 1.93 bits per heavy atom. The summed E-state index contributed by atoms with van der Waals surface area (Å²) < 4.78 is 11.0. The Labute approximate surface area is 166 Å². The number of fused-ring (bicyclic) bond motifs is 1. The maximum Gasteiger partial charge on any atom is 0.338 e. The smallest absolute Gasteiger partial charge is 0.338 e. The van der Waals surface area contributed by atoms with E-state index in [1.807, 2.05) is 19.1 Å². The van der Waals surface area contributed by atoms with E-state index < -0.39 is 12.1 Å². The van der Waals surface area contributed by atoms with Crippen LogP contribution in [0.15, 0.2) is 36.4 Å². The van der Waals surface area contributed by atoms with Crippen LogP contribution in [0.2, 0.25) is 0 Å². The van der Waals surface area contributed by atoms with Crippen LogP contribution >= 0.6 is 0 Å². The highest BCUT2D eigenvalue weighted by Gasteiger charge is 2.20. The summed E-state index contributed by atoms with van der Waals surface area (Å²) in [7, 11) is 0. The quantitative estimate of drug-likeness (QED) is 0.751. The van der Waals surface area contributed by atoms with Crippen LogP contribution in [0.4, 0.5) is 5.69 Å². The Bertz CT molecular complexity index is 875. The van der Waals surface area contributed by atoms with Gasteiger partial charge in [0.2, 0.25) is 0 Å². The first-order valence-electron chi connectivity index (χ1n) is 9.85. The summed E-state index contributed by atoms with van der Waals surface area (Å²) in [5.74, 6) is 0.132. The highest BCUT2D eigenvalue weighted by molar-refractivity contribution is 5.97. The summed E-state index contributed by atoms with van der Waals surface area (Å²) in [4.78, 5) is 24.6. The molecule has 0 saturated carbocycles. The van der Waals surface area contributed by atoms with Crippen molar-refractivity contribution in [3.63, 3.8) is 0 Å². The monoisotopic (exact) mass is 381 g/mol. The van der Waals surface area contributed by atoms with Crippen LogP contribution in [0, 0.1) is 6.92 Å². The van der Waals surface area contributed by atoms with Crippen molar-refractivity contribution in [2.75, 3.05) is 11.9 Å². The number of ether oxygens (including phenoxy) is 2. The van der Waals surface area contributed by atoms with Crippen LogP contribution < -0.4 is 10.1 Å². The third-order valence-electron chi connectivity index (χ3n) is 5.03. The van der Waals surface area contributed by atoms with Crippen LogP contribution in [0.3, 0.4) is 0 Å². The van der Waals surface area contributed by atoms with Gasteiger partial charge >= 0.3 is 5.97 Å². The molecule has 2 aromatic carbocycles. The average molecular weight is 381 g/mol. The standard InChI is InChI=1S/C23H27NO4/c1-4-27-23(26)18-13-12-15(2)20(14-18)24-22(25)16(3)28-21-11-7-9-17-8-5-6-10-19(17)21/h7,9,11-14,16H,4-6,8,10H2,1-3H3,(H,24,25)/t16-/m0/s1. The van der Waals surface area contributed by atoms with Crippen LogP contribution in [-0.4, -0.2) is 24.6 Å². The van der Waals surface area contributed by atoms with Gasteiger partial charge in [-0.3, -0.25) is 4.79 Å². The van der Waals surface area contributed by atoms with E-state index in [4.69, 9.17) is 9.47 Å². The van der Waals surface area contributed by atoms with Crippen molar-refractivity contribution in [1.29, 1.82) is 0 Å². The Kier molecular flexibility index (Phi) is 6.34. The largest absolute Gasteiger partial charge is 0.481 e. The maximum atomic E-state index is 12.7. The van der Waals surface area contributed by atoms with Gasteiger partial charge in [0.15, 0.2) is 6.10 Å². The Morgan fingerprint density at radius 3 is 2.71 bits per heavy atom. The van der Waals surface area contributed by atoms with Gasteiger partial charge in [0.1, 0.15) is 5.75 Å². The van der Waals surface area contributed by atoms with E-state index in [2.05, 4.69) is 11.4 Å². The second kappa shape index (κ2) is 8.91. The fourth-order valence-electron chi connectivity index (χ4n) is 3.43. The zero-order chi connectivity index (χ0) is 20.1. The Morgan fingerprint density at radius 1 is 1.14 bits per heavy atom. The average Bonchev–Trinajstić information content (AvgIpc) is 2.70. The van der Waals surface area contributed by atoms with Crippen molar-refractivity contribution < 1.29 is 19.1 Å². The minimum absolute atomic E-state index is 0.252. The van der Waals surface area contributed by atoms with Gasteiger partial charge in [-0.15, -0.1) is 0 Å². The second-order valence-corrected chi connectivity index (χ2v) is 7.10. The number of amides is 1. The summed E-state index contributed by atoms with van der Waals surface area (Å²) in [5.41, 5.74) is 4.39. The molecule has 1 N–H and O–H groups in total. The number of hydrogen-bond donors (Lipinski definition) is 1. The number of anilines is 1. The van der Waals surface area contributed by atoms with E-state index in [0.29, 0.717) is 17.9 Å². The number of carbonyl (C=O) groups is 2. The van der Waals surface area contributed by atoms with E-state index >= 15 is 0 Å². The fraction of sp³-hybridized carbons (Fsp3) is 0.391. The molecular formula is C23H27NO4. The van der Waals surface area contributed by atoms with Crippen molar-refractivity contribution in [1.82, 2.24) is 0 Å². The van der Waals surface area contributed by atoms with E-state index in [9.17, 15) is 9.59 Å². The molecule has 2 aromatic rings. The molecule has 1 aliphatic rings. The number of esters is 1. The Hall–Kier alpha value is -2.82. The summed E-state index contributed by atoms with van der Waals surface area (Å²) in [6.45, 7) is 5.68. The molecule has 1 aliphatic carbocycles. The van der Waals surface area contributed by atoms with Gasteiger partial charge in [-0.05, 0) is 81.3 Å². The van der Waals surface area contributed by atoms with Crippen molar-refractivity contribution in [2.45, 2.75) is 52.6 Å². The van der Waals surface area contributed by atoms with Gasteiger partial charge in [0, 0.05) is 5.69 Å². The third-order valence-corrected chi connectivity index (χ3v) is 5.03. The van der Waals surface area contributed by atoms with Crippen molar-refractivity contribution in [3.8, 4) is 5.75 Å². The lowest BCUT2D eigenvalue weighted by Crippen LogP contribution is -2.31. The summed E-state index contributed by atoms with van der Waals surface area (Å²) >= 11 is 0. The van der Waals surface area contributed by atoms with Crippen molar-refractivity contribution in [2.24, 2.45) is 0 Å². The van der Waals surface area contributed by atoms with Gasteiger partial charge in [-0.2, -0.15) is 0 Å². The summed E-state index contributed by atoms with van der Waals surface area (Å²) in [6, 6.07) is 11.2. The highest BCUT2D eigenvalue weighted by atomic mass is 16.5. The number of carbonyl (C=O) groups excluding carboxylic acids is 2. The summed E-state index contributed by atoms with van der Waals surface area (Å²) in [5, 5.41) is 2.88. The molecule has 0 radical (unpaired) electrons.